The van der Waals surface area contributed by atoms with Gasteiger partial charge in [-0.3, -0.25) is 13.9 Å². The molecular formula is C35H37BrClN3O4S. The lowest BCUT2D eigenvalue weighted by atomic mass is 10.0. The Morgan fingerprint density at radius 1 is 0.889 bits per heavy atom. The first-order chi connectivity index (χ1) is 21.5. The number of halogens is 2. The van der Waals surface area contributed by atoms with E-state index in [9.17, 15) is 18.0 Å². The number of nitrogens with one attached hydrogen (secondary N) is 1. The Kier molecular flexibility index (Phi) is 11.8. The van der Waals surface area contributed by atoms with Gasteiger partial charge in [0.25, 0.3) is 10.0 Å². The summed E-state index contributed by atoms with van der Waals surface area (Å²) in [6, 6.07) is 28.8. The van der Waals surface area contributed by atoms with Gasteiger partial charge in [0.05, 0.1) is 10.6 Å². The molecule has 236 valence electrons. The number of aryl methyl sites for hydroxylation is 1. The van der Waals surface area contributed by atoms with Crippen LogP contribution in [0.5, 0.6) is 0 Å². The van der Waals surface area contributed by atoms with E-state index in [-0.39, 0.29) is 29.8 Å². The molecule has 45 heavy (non-hydrogen) atoms. The SMILES string of the molecule is CC[C@H](C)NC(=O)[C@@H](Cc1ccccc1)N(Cc1ccc(Br)cc1)C(=O)CN(c1ccc(Cl)cc1C)S(=O)(=O)c1ccccc1. The molecule has 0 heterocycles. The quantitative estimate of drug-likeness (QED) is 0.160. The molecule has 7 nitrogen and oxygen atoms in total. The minimum atomic E-state index is -4.19. The fourth-order valence-corrected chi connectivity index (χ4v) is 6.90. The summed E-state index contributed by atoms with van der Waals surface area (Å²) in [5.74, 6) is -0.828. The highest BCUT2D eigenvalue weighted by Gasteiger charge is 2.35. The third-order valence-electron chi connectivity index (χ3n) is 7.58. The first-order valence-electron chi connectivity index (χ1n) is 14.7. The number of benzene rings is 4. The van der Waals surface area contributed by atoms with Gasteiger partial charge < -0.3 is 10.2 Å². The van der Waals surface area contributed by atoms with E-state index in [1.807, 2.05) is 68.4 Å². The summed E-state index contributed by atoms with van der Waals surface area (Å²) in [5.41, 5.74) is 2.58. The average molecular weight is 711 g/mol. The number of anilines is 1. The highest BCUT2D eigenvalue weighted by molar-refractivity contribution is 9.10. The van der Waals surface area contributed by atoms with Crippen LogP contribution in [-0.2, 0) is 32.6 Å². The fraction of sp³-hybridized carbons (Fsp3) is 0.257. The number of nitrogens with zero attached hydrogens (tertiary/aromatic N) is 2. The molecule has 0 aliphatic rings. The summed E-state index contributed by atoms with van der Waals surface area (Å²) in [6.07, 6.45) is 0.959. The van der Waals surface area contributed by atoms with Gasteiger partial charge in [0.2, 0.25) is 11.8 Å². The smallest absolute Gasteiger partial charge is 0.264 e. The molecule has 2 amide bonds. The maximum atomic E-state index is 14.6. The van der Waals surface area contributed by atoms with Crippen molar-refractivity contribution in [3.05, 3.63) is 129 Å². The summed E-state index contributed by atoms with van der Waals surface area (Å²) in [6.45, 7) is 5.20. The minimum absolute atomic E-state index is 0.0435. The van der Waals surface area contributed by atoms with Crippen molar-refractivity contribution in [2.75, 3.05) is 10.8 Å². The summed E-state index contributed by atoms with van der Waals surface area (Å²) < 4.78 is 30.3. The van der Waals surface area contributed by atoms with Crippen LogP contribution in [0.2, 0.25) is 5.02 Å². The highest BCUT2D eigenvalue weighted by atomic mass is 79.9. The molecule has 1 N–H and O–H groups in total. The zero-order chi connectivity index (χ0) is 32.6. The second-order valence-corrected chi connectivity index (χ2v) is 14.1. The van der Waals surface area contributed by atoms with E-state index < -0.39 is 28.5 Å². The third kappa shape index (κ3) is 8.96. The van der Waals surface area contributed by atoms with E-state index in [1.165, 1.54) is 17.0 Å². The van der Waals surface area contributed by atoms with Crippen molar-refractivity contribution < 1.29 is 18.0 Å². The van der Waals surface area contributed by atoms with E-state index >= 15 is 0 Å². The summed E-state index contributed by atoms with van der Waals surface area (Å²) >= 11 is 9.69. The second kappa shape index (κ2) is 15.6. The summed E-state index contributed by atoms with van der Waals surface area (Å²) in [4.78, 5) is 30.0. The molecule has 2 atom stereocenters. The van der Waals surface area contributed by atoms with Gasteiger partial charge in [-0.1, -0.05) is 95.1 Å². The Hall–Kier alpha value is -3.66. The van der Waals surface area contributed by atoms with Crippen molar-refractivity contribution in [1.29, 1.82) is 0 Å². The Labute approximate surface area is 279 Å². The minimum Gasteiger partial charge on any atom is -0.352 e. The van der Waals surface area contributed by atoms with Crippen LogP contribution in [-0.4, -0.2) is 43.8 Å². The number of hydrogen-bond donors (Lipinski definition) is 1. The topological polar surface area (TPSA) is 86.8 Å². The molecule has 10 heteroatoms. The highest BCUT2D eigenvalue weighted by Crippen LogP contribution is 2.29. The van der Waals surface area contributed by atoms with E-state index in [2.05, 4.69) is 21.2 Å². The lowest BCUT2D eigenvalue weighted by Crippen LogP contribution is -2.54. The third-order valence-corrected chi connectivity index (χ3v) is 10.1. The zero-order valence-electron chi connectivity index (χ0n) is 25.5. The predicted molar refractivity (Wildman–Crippen MR) is 184 cm³/mol. The molecule has 0 fully saturated rings. The van der Waals surface area contributed by atoms with Crippen molar-refractivity contribution in [3.63, 3.8) is 0 Å². The first-order valence-corrected chi connectivity index (χ1v) is 17.3. The fourth-order valence-electron chi connectivity index (χ4n) is 4.91. The van der Waals surface area contributed by atoms with Crippen molar-refractivity contribution in [1.82, 2.24) is 10.2 Å². The van der Waals surface area contributed by atoms with Gasteiger partial charge in [-0.05, 0) is 79.4 Å². The van der Waals surface area contributed by atoms with E-state index in [0.29, 0.717) is 22.7 Å². The van der Waals surface area contributed by atoms with Gasteiger partial charge in [-0.2, -0.15) is 0 Å². The molecule has 0 unspecified atom stereocenters. The van der Waals surface area contributed by atoms with Crippen LogP contribution in [0, 0.1) is 6.92 Å². The molecule has 0 saturated heterocycles. The van der Waals surface area contributed by atoms with Crippen LogP contribution in [0.25, 0.3) is 0 Å². The molecule has 0 radical (unpaired) electrons. The maximum absolute atomic E-state index is 14.6. The molecule has 4 aromatic rings. The van der Waals surface area contributed by atoms with Gasteiger partial charge in [0.15, 0.2) is 0 Å². The Morgan fingerprint density at radius 3 is 2.11 bits per heavy atom. The largest absolute Gasteiger partial charge is 0.352 e. The Balaban J connectivity index is 1.82. The van der Waals surface area contributed by atoms with E-state index in [1.54, 1.807) is 43.3 Å². The first kappa shape index (κ1) is 34.2. The van der Waals surface area contributed by atoms with Crippen LogP contribution >= 0.6 is 27.5 Å². The summed E-state index contributed by atoms with van der Waals surface area (Å²) in [5, 5.41) is 3.50. The number of amides is 2. The standard InChI is InChI=1S/C35H37BrClN3O4S/c1-4-26(3)38-35(42)33(22-27-11-7-5-8-12-27)39(23-28-15-17-29(36)18-16-28)34(41)24-40(32-20-19-30(37)21-25(32)2)45(43,44)31-13-9-6-10-14-31/h5-21,26,33H,4,22-24H2,1-3H3,(H,38,42)/t26-,33+/m0/s1. The lowest BCUT2D eigenvalue weighted by Gasteiger charge is -2.34. The van der Waals surface area contributed by atoms with Gasteiger partial charge in [0, 0.05) is 28.5 Å². The Morgan fingerprint density at radius 2 is 1.51 bits per heavy atom. The number of carbonyl (C=O) groups excluding carboxylic acids is 2. The van der Waals surface area contributed by atoms with E-state index in [4.69, 9.17) is 11.6 Å². The lowest BCUT2D eigenvalue weighted by molar-refractivity contribution is -0.140. The molecule has 0 bridgehead atoms. The van der Waals surface area contributed by atoms with Crippen molar-refractivity contribution in [2.24, 2.45) is 0 Å². The van der Waals surface area contributed by atoms with Crippen LogP contribution in [0.1, 0.15) is 37.0 Å². The average Bonchev–Trinajstić information content (AvgIpc) is 3.03. The van der Waals surface area contributed by atoms with Crippen LogP contribution in [0.4, 0.5) is 5.69 Å². The van der Waals surface area contributed by atoms with Gasteiger partial charge in [-0.25, -0.2) is 8.42 Å². The van der Waals surface area contributed by atoms with Crippen LogP contribution in [0.3, 0.4) is 0 Å². The molecule has 0 spiro atoms. The molecule has 0 saturated carbocycles. The van der Waals surface area contributed by atoms with Gasteiger partial charge in [-0.15, -0.1) is 0 Å². The maximum Gasteiger partial charge on any atom is 0.264 e. The van der Waals surface area contributed by atoms with E-state index in [0.717, 1.165) is 19.9 Å². The molecule has 0 aliphatic carbocycles. The van der Waals surface area contributed by atoms with Gasteiger partial charge >= 0.3 is 0 Å². The van der Waals surface area contributed by atoms with Crippen LogP contribution < -0.4 is 9.62 Å². The zero-order valence-corrected chi connectivity index (χ0v) is 28.6. The van der Waals surface area contributed by atoms with Crippen molar-refractivity contribution >= 4 is 55.1 Å². The predicted octanol–water partition coefficient (Wildman–Crippen LogP) is 7.16. The van der Waals surface area contributed by atoms with Gasteiger partial charge in [0.1, 0.15) is 12.6 Å². The second-order valence-electron chi connectivity index (χ2n) is 10.9. The normalized spacial score (nSPS) is 12.6. The van der Waals surface area contributed by atoms with Crippen molar-refractivity contribution in [3.8, 4) is 0 Å². The monoisotopic (exact) mass is 709 g/mol. The molecule has 0 aliphatic heterocycles. The number of hydrogen-bond acceptors (Lipinski definition) is 4. The van der Waals surface area contributed by atoms with Crippen LogP contribution in [0.15, 0.2) is 112 Å². The number of carbonyl (C=O) groups is 2. The summed E-state index contributed by atoms with van der Waals surface area (Å²) in [7, 11) is -4.19. The Bertz CT molecular complexity index is 1700. The number of rotatable bonds is 13. The molecule has 0 aromatic heterocycles. The van der Waals surface area contributed by atoms with Crippen molar-refractivity contribution in [2.45, 2.75) is 57.1 Å². The number of sulfonamides is 1. The molecular weight excluding hydrogens is 674 g/mol. The molecule has 4 rings (SSSR count). The molecule has 4 aromatic carbocycles.